The first-order valence-electron chi connectivity index (χ1n) is 8.67. The summed E-state index contributed by atoms with van der Waals surface area (Å²) >= 11 is 0. The Morgan fingerprint density at radius 1 is 1.24 bits per heavy atom. The van der Waals surface area contributed by atoms with Gasteiger partial charge in [0.15, 0.2) is 0 Å². The summed E-state index contributed by atoms with van der Waals surface area (Å²) in [4.78, 5) is 30.0. The van der Waals surface area contributed by atoms with Crippen LogP contribution in [0.1, 0.15) is 48.2 Å². The van der Waals surface area contributed by atoms with Crippen LogP contribution in [0.4, 0.5) is 0 Å². The quantitative estimate of drug-likeness (QED) is 0.907. The number of benzene rings is 1. The summed E-state index contributed by atoms with van der Waals surface area (Å²) in [5.41, 5.74) is 1.53. The number of aromatic nitrogens is 2. The molecule has 6 nitrogen and oxygen atoms in total. The molecule has 1 saturated carbocycles. The third-order valence-electron chi connectivity index (χ3n) is 4.78. The second-order valence-corrected chi connectivity index (χ2v) is 6.62. The van der Waals surface area contributed by atoms with Crippen molar-refractivity contribution in [1.82, 2.24) is 14.5 Å². The van der Waals surface area contributed by atoms with Crippen molar-refractivity contribution in [2.24, 2.45) is 5.92 Å². The van der Waals surface area contributed by atoms with Gasteiger partial charge in [-0.15, -0.1) is 0 Å². The number of para-hydroxylation sites is 1. The molecule has 25 heavy (non-hydrogen) atoms. The number of rotatable bonds is 5. The summed E-state index contributed by atoms with van der Waals surface area (Å²) in [5.74, 6) is -0.663. The van der Waals surface area contributed by atoms with Gasteiger partial charge in [0.2, 0.25) is 5.91 Å². The van der Waals surface area contributed by atoms with Gasteiger partial charge >= 0.3 is 5.97 Å². The maximum absolute atomic E-state index is 12.5. The van der Waals surface area contributed by atoms with Crippen LogP contribution in [0, 0.1) is 5.92 Å². The van der Waals surface area contributed by atoms with Gasteiger partial charge in [-0.3, -0.25) is 4.79 Å². The Hall–Kier alpha value is -2.63. The van der Waals surface area contributed by atoms with Crippen LogP contribution in [0.15, 0.2) is 36.8 Å². The van der Waals surface area contributed by atoms with Gasteiger partial charge in [-0.25, -0.2) is 9.78 Å². The predicted molar refractivity (Wildman–Crippen MR) is 93.6 cm³/mol. The van der Waals surface area contributed by atoms with Crippen molar-refractivity contribution in [3.8, 4) is 5.69 Å². The molecule has 0 bridgehead atoms. The molecule has 0 radical (unpaired) electrons. The number of imidazole rings is 1. The van der Waals surface area contributed by atoms with Crippen molar-refractivity contribution in [3.05, 3.63) is 48.0 Å². The average molecular weight is 341 g/mol. The molecule has 0 atom stereocenters. The minimum Gasteiger partial charge on any atom is -0.478 e. The molecule has 1 heterocycles. The minimum atomic E-state index is -0.976. The summed E-state index contributed by atoms with van der Waals surface area (Å²) < 4.78 is 1.69. The Balaban J connectivity index is 1.71. The van der Waals surface area contributed by atoms with Crippen molar-refractivity contribution >= 4 is 11.9 Å². The fraction of sp³-hybridized carbons (Fsp3) is 0.421. The lowest BCUT2D eigenvalue weighted by Crippen LogP contribution is -2.33. The fourth-order valence-electron chi connectivity index (χ4n) is 3.44. The van der Waals surface area contributed by atoms with E-state index in [0.717, 1.165) is 31.4 Å². The number of carbonyl (C=O) groups is 2. The van der Waals surface area contributed by atoms with Crippen LogP contribution < -0.4 is 0 Å². The number of carboxylic acids is 1. The number of hydrogen-bond acceptors (Lipinski definition) is 3. The lowest BCUT2D eigenvalue weighted by molar-refractivity contribution is -0.135. The molecule has 1 aliphatic rings. The molecule has 1 N–H and O–H groups in total. The van der Waals surface area contributed by atoms with Crippen molar-refractivity contribution in [2.45, 2.75) is 38.6 Å². The zero-order chi connectivity index (χ0) is 17.8. The number of nitrogens with zero attached hydrogens (tertiary/aromatic N) is 3. The van der Waals surface area contributed by atoms with Crippen LogP contribution in [0.25, 0.3) is 5.69 Å². The SMILES string of the molecule is CN(Cc1cn(-c2ccccc2C(=O)O)cn1)C(=O)C1CCCCC1. The van der Waals surface area contributed by atoms with E-state index in [-0.39, 0.29) is 17.4 Å². The van der Waals surface area contributed by atoms with Crippen LogP contribution in [-0.2, 0) is 11.3 Å². The van der Waals surface area contributed by atoms with Gasteiger partial charge in [0.25, 0.3) is 0 Å². The highest BCUT2D eigenvalue weighted by Gasteiger charge is 2.24. The molecule has 2 aromatic rings. The van der Waals surface area contributed by atoms with E-state index in [0.29, 0.717) is 12.2 Å². The van der Waals surface area contributed by atoms with E-state index < -0.39 is 5.97 Å². The summed E-state index contributed by atoms with van der Waals surface area (Å²) in [6.45, 7) is 0.428. The molecule has 0 unspecified atom stereocenters. The van der Waals surface area contributed by atoms with Crippen molar-refractivity contribution in [3.63, 3.8) is 0 Å². The summed E-state index contributed by atoms with van der Waals surface area (Å²) in [7, 11) is 1.81. The van der Waals surface area contributed by atoms with E-state index in [2.05, 4.69) is 4.98 Å². The van der Waals surface area contributed by atoms with E-state index in [1.54, 1.807) is 53.3 Å². The van der Waals surface area contributed by atoms with Gasteiger partial charge in [-0.05, 0) is 25.0 Å². The van der Waals surface area contributed by atoms with Crippen molar-refractivity contribution < 1.29 is 14.7 Å². The minimum absolute atomic E-state index is 0.133. The molecule has 0 spiro atoms. The molecule has 1 aliphatic carbocycles. The molecule has 0 aliphatic heterocycles. The number of hydrogen-bond donors (Lipinski definition) is 1. The van der Waals surface area contributed by atoms with E-state index in [4.69, 9.17) is 0 Å². The monoisotopic (exact) mass is 341 g/mol. The first-order valence-corrected chi connectivity index (χ1v) is 8.67. The molecular weight excluding hydrogens is 318 g/mol. The number of amides is 1. The summed E-state index contributed by atoms with van der Waals surface area (Å²) in [6.07, 6.45) is 8.81. The van der Waals surface area contributed by atoms with Gasteiger partial charge in [0.05, 0.1) is 29.8 Å². The van der Waals surface area contributed by atoms with Gasteiger partial charge in [0.1, 0.15) is 0 Å². The topological polar surface area (TPSA) is 75.4 Å². The highest BCUT2D eigenvalue weighted by molar-refractivity contribution is 5.91. The Morgan fingerprint density at radius 3 is 2.68 bits per heavy atom. The highest BCUT2D eigenvalue weighted by Crippen LogP contribution is 2.25. The third kappa shape index (κ3) is 3.90. The molecule has 1 aromatic carbocycles. The van der Waals surface area contributed by atoms with Crippen LogP contribution in [-0.4, -0.2) is 38.5 Å². The molecule has 1 amide bonds. The van der Waals surface area contributed by atoms with Crippen LogP contribution in [0.2, 0.25) is 0 Å². The summed E-state index contributed by atoms with van der Waals surface area (Å²) in [6, 6.07) is 6.80. The predicted octanol–water partition coefficient (Wildman–Crippen LogP) is 3.11. The average Bonchev–Trinajstić information content (AvgIpc) is 3.10. The Bertz CT molecular complexity index is 763. The second kappa shape index (κ2) is 7.51. The van der Waals surface area contributed by atoms with E-state index >= 15 is 0 Å². The normalized spacial score (nSPS) is 15.1. The lowest BCUT2D eigenvalue weighted by atomic mass is 9.88. The first-order chi connectivity index (χ1) is 12.1. The maximum atomic E-state index is 12.5. The smallest absolute Gasteiger partial charge is 0.337 e. The molecule has 0 saturated heterocycles. The Morgan fingerprint density at radius 2 is 1.96 bits per heavy atom. The second-order valence-electron chi connectivity index (χ2n) is 6.62. The maximum Gasteiger partial charge on any atom is 0.337 e. The Kier molecular flexibility index (Phi) is 5.16. The van der Waals surface area contributed by atoms with E-state index in [9.17, 15) is 14.7 Å². The Labute approximate surface area is 147 Å². The van der Waals surface area contributed by atoms with Crippen molar-refractivity contribution in [1.29, 1.82) is 0 Å². The molecule has 132 valence electrons. The lowest BCUT2D eigenvalue weighted by Gasteiger charge is -2.25. The zero-order valence-corrected chi connectivity index (χ0v) is 14.4. The molecular formula is C19H23N3O3. The van der Waals surface area contributed by atoms with Gasteiger partial charge in [-0.2, -0.15) is 0 Å². The standard InChI is InChI=1S/C19H23N3O3/c1-21(18(23)14-7-3-2-4-8-14)11-15-12-22(13-20-15)17-10-6-5-9-16(17)19(24)25/h5-6,9-10,12-14H,2-4,7-8,11H2,1H3,(H,24,25). The third-order valence-corrected chi connectivity index (χ3v) is 4.78. The van der Waals surface area contributed by atoms with E-state index in [1.807, 2.05) is 0 Å². The number of aromatic carboxylic acids is 1. The van der Waals surface area contributed by atoms with Gasteiger partial charge in [0, 0.05) is 19.2 Å². The molecule has 1 fully saturated rings. The number of carboxylic acid groups (broad SMARTS) is 1. The molecule has 1 aromatic heterocycles. The molecule has 3 rings (SSSR count). The number of carbonyl (C=O) groups excluding carboxylic acids is 1. The zero-order valence-electron chi connectivity index (χ0n) is 14.4. The highest BCUT2D eigenvalue weighted by atomic mass is 16.4. The van der Waals surface area contributed by atoms with Gasteiger partial charge in [-0.1, -0.05) is 31.4 Å². The summed E-state index contributed by atoms with van der Waals surface area (Å²) in [5, 5.41) is 9.31. The van der Waals surface area contributed by atoms with Crippen molar-refractivity contribution in [2.75, 3.05) is 7.05 Å². The fourth-order valence-corrected chi connectivity index (χ4v) is 3.44. The largest absolute Gasteiger partial charge is 0.478 e. The van der Waals surface area contributed by atoms with E-state index in [1.165, 1.54) is 6.42 Å². The van der Waals surface area contributed by atoms with Crippen LogP contribution in [0.3, 0.4) is 0 Å². The van der Waals surface area contributed by atoms with Crippen LogP contribution >= 0.6 is 0 Å². The van der Waals surface area contributed by atoms with Gasteiger partial charge < -0.3 is 14.6 Å². The van der Waals surface area contributed by atoms with Crippen LogP contribution in [0.5, 0.6) is 0 Å². The first kappa shape index (κ1) is 17.2. The molecule has 6 heteroatoms.